The van der Waals surface area contributed by atoms with Gasteiger partial charge in [-0.3, -0.25) is 4.79 Å². The highest BCUT2D eigenvalue weighted by molar-refractivity contribution is 5.99. The maximum Gasteiger partial charge on any atom is 0.338 e. The fourth-order valence-corrected chi connectivity index (χ4v) is 0.801. The van der Waals surface area contributed by atoms with Crippen LogP contribution in [0, 0.1) is 0 Å². The van der Waals surface area contributed by atoms with E-state index in [2.05, 4.69) is 11.3 Å². The number of methoxy groups -OCH3 is 1. The molecule has 0 heterocycles. The third-order valence-corrected chi connectivity index (χ3v) is 1.39. The second-order valence-electron chi connectivity index (χ2n) is 2.18. The highest BCUT2D eigenvalue weighted by Crippen LogP contribution is 2.07. The van der Waals surface area contributed by atoms with E-state index in [4.69, 9.17) is 0 Å². The number of carbonyl (C=O) groups is 2. The Kier molecular flexibility index (Phi) is 5.19. The Bertz CT molecular complexity index is 272. The Labute approximate surface area is 77.4 Å². The van der Waals surface area contributed by atoms with E-state index in [1.807, 2.05) is 0 Å². The first kappa shape index (κ1) is 11.4. The quantitative estimate of drug-likeness (QED) is 0.284. The molecule has 0 aliphatic rings. The van der Waals surface area contributed by atoms with E-state index in [9.17, 15) is 9.59 Å². The largest absolute Gasteiger partial charge is 0.465 e. The summed E-state index contributed by atoms with van der Waals surface area (Å²) in [5, 5.41) is 0. The minimum Gasteiger partial charge on any atom is -0.465 e. The molecule has 0 aromatic rings. The lowest BCUT2D eigenvalue weighted by atomic mass is 10.1. The maximum absolute atomic E-state index is 11.1. The van der Waals surface area contributed by atoms with Gasteiger partial charge in [-0.15, -0.1) is 0 Å². The van der Waals surface area contributed by atoms with E-state index in [-0.39, 0.29) is 11.1 Å². The number of hydrogen-bond acceptors (Lipinski definition) is 3. The third-order valence-electron chi connectivity index (χ3n) is 1.39. The van der Waals surface area contributed by atoms with Gasteiger partial charge >= 0.3 is 5.97 Å². The predicted molar refractivity (Wildman–Crippen MR) is 50.1 cm³/mol. The van der Waals surface area contributed by atoms with Gasteiger partial charge in [0, 0.05) is 5.57 Å². The summed E-state index contributed by atoms with van der Waals surface area (Å²) in [4.78, 5) is 21.6. The van der Waals surface area contributed by atoms with Gasteiger partial charge in [0.1, 0.15) is 0 Å². The van der Waals surface area contributed by atoms with Crippen LogP contribution in [0.1, 0.15) is 6.92 Å². The molecular formula is C10H12O3. The van der Waals surface area contributed by atoms with E-state index < -0.39 is 5.97 Å². The summed E-state index contributed by atoms with van der Waals surface area (Å²) >= 11 is 0. The Morgan fingerprint density at radius 3 is 2.38 bits per heavy atom. The molecule has 0 saturated heterocycles. The van der Waals surface area contributed by atoms with Gasteiger partial charge in [0.25, 0.3) is 0 Å². The first-order valence-corrected chi connectivity index (χ1v) is 3.74. The van der Waals surface area contributed by atoms with Crippen molar-refractivity contribution in [1.29, 1.82) is 0 Å². The summed E-state index contributed by atoms with van der Waals surface area (Å²) in [6, 6.07) is 0. The molecule has 0 aliphatic carbocycles. The van der Waals surface area contributed by atoms with Crippen molar-refractivity contribution < 1.29 is 14.3 Å². The lowest BCUT2D eigenvalue weighted by molar-refractivity contribution is -0.135. The zero-order valence-corrected chi connectivity index (χ0v) is 7.74. The molecule has 0 unspecified atom stereocenters. The maximum atomic E-state index is 11.1. The van der Waals surface area contributed by atoms with Gasteiger partial charge in [0.2, 0.25) is 0 Å². The molecule has 70 valence electrons. The smallest absolute Gasteiger partial charge is 0.338 e. The molecule has 0 atom stereocenters. The van der Waals surface area contributed by atoms with Crippen molar-refractivity contribution in [2.75, 3.05) is 7.11 Å². The molecule has 0 rings (SSSR count). The SMILES string of the molecule is C=C/C(C(=O)OC)=C(C=O)\C=C/C. The van der Waals surface area contributed by atoms with Crippen LogP contribution in [-0.2, 0) is 14.3 Å². The second kappa shape index (κ2) is 5.94. The van der Waals surface area contributed by atoms with Crippen LogP contribution < -0.4 is 0 Å². The molecule has 0 aromatic heterocycles. The summed E-state index contributed by atoms with van der Waals surface area (Å²) < 4.78 is 4.47. The van der Waals surface area contributed by atoms with Crippen LogP contribution >= 0.6 is 0 Å². The van der Waals surface area contributed by atoms with Crippen LogP contribution in [-0.4, -0.2) is 19.4 Å². The van der Waals surface area contributed by atoms with Gasteiger partial charge in [-0.1, -0.05) is 24.8 Å². The van der Waals surface area contributed by atoms with Gasteiger partial charge in [0.05, 0.1) is 12.7 Å². The summed E-state index contributed by atoms with van der Waals surface area (Å²) in [6.07, 6.45) is 5.08. The van der Waals surface area contributed by atoms with E-state index >= 15 is 0 Å². The molecule has 0 aliphatic heterocycles. The first-order chi connectivity index (χ1) is 6.21. The minimum absolute atomic E-state index is 0.176. The van der Waals surface area contributed by atoms with E-state index in [0.717, 1.165) is 0 Å². The van der Waals surface area contributed by atoms with Crippen molar-refractivity contribution >= 4 is 12.3 Å². The van der Waals surface area contributed by atoms with Crippen LogP contribution in [0.15, 0.2) is 36.0 Å². The molecule has 0 N–H and O–H groups in total. The van der Waals surface area contributed by atoms with E-state index in [1.165, 1.54) is 19.3 Å². The van der Waals surface area contributed by atoms with Crippen LogP contribution in [0.2, 0.25) is 0 Å². The van der Waals surface area contributed by atoms with Crippen molar-refractivity contribution in [3.8, 4) is 0 Å². The Balaban J connectivity index is 5.16. The topological polar surface area (TPSA) is 43.4 Å². The molecule has 13 heavy (non-hydrogen) atoms. The number of hydrogen-bond donors (Lipinski definition) is 0. The van der Waals surface area contributed by atoms with Gasteiger partial charge in [-0.05, 0) is 6.92 Å². The zero-order valence-electron chi connectivity index (χ0n) is 7.74. The Morgan fingerprint density at radius 2 is 2.08 bits per heavy atom. The van der Waals surface area contributed by atoms with Crippen LogP contribution in [0.25, 0.3) is 0 Å². The van der Waals surface area contributed by atoms with Crippen molar-refractivity contribution in [3.63, 3.8) is 0 Å². The Hall–Kier alpha value is -1.64. The number of rotatable bonds is 4. The predicted octanol–water partition coefficient (Wildman–Crippen LogP) is 1.42. The Morgan fingerprint density at radius 1 is 1.46 bits per heavy atom. The molecule has 3 heteroatoms. The molecule has 0 spiro atoms. The van der Waals surface area contributed by atoms with Gasteiger partial charge < -0.3 is 4.74 Å². The average molecular weight is 180 g/mol. The van der Waals surface area contributed by atoms with Crippen molar-refractivity contribution in [2.24, 2.45) is 0 Å². The van der Waals surface area contributed by atoms with Crippen molar-refractivity contribution in [2.45, 2.75) is 6.92 Å². The van der Waals surface area contributed by atoms with Crippen molar-refractivity contribution in [3.05, 3.63) is 36.0 Å². The zero-order chi connectivity index (χ0) is 10.3. The minimum atomic E-state index is -0.560. The van der Waals surface area contributed by atoms with Crippen LogP contribution in [0.5, 0.6) is 0 Å². The number of esters is 1. The van der Waals surface area contributed by atoms with Crippen LogP contribution in [0.3, 0.4) is 0 Å². The highest BCUT2D eigenvalue weighted by atomic mass is 16.5. The first-order valence-electron chi connectivity index (χ1n) is 3.74. The second-order valence-corrected chi connectivity index (χ2v) is 2.18. The molecule has 0 amide bonds. The number of carbonyl (C=O) groups excluding carboxylic acids is 2. The van der Waals surface area contributed by atoms with E-state index in [0.29, 0.717) is 6.29 Å². The normalized spacial score (nSPS) is 12.2. The van der Waals surface area contributed by atoms with Crippen molar-refractivity contribution in [1.82, 2.24) is 0 Å². The lowest BCUT2D eigenvalue weighted by Crippen LogP contribution is -2.05. The fourth-order valence-electron chi connectivity index (χ4n) is 0.801. The van der Waals surface area contributed by atoms with Gasteiger partial charge in [-0.25, -0.2) is 4.79 Å². The van der Waals surface area contributed by atoms with E-state index in [1.54, 1.807) is 13.0 Å². The third kappa shape index (κ3) is 3.07. The molecular weight excluding hydrogens is 168 g/mol. The number of aldehydes is 1. The van der Waals surface area contributed by atoms with Gasteiger partial charge in [0.15, 0.2) is 6.29 Å². The monoisotopic (exact) mass is 180 g/mol. The summed E-state index contributed by atoms with van der Waals surface area (Å²) in [7, 11) is 1.25. The molecule has 0 radical (unpaired) electrons. The summed E-state index contributed by atoms with van der Waals surface area (Å²) in [5.41, 5.74) is 0.444. The summed E-state index contributed by atoms with van der Waals surface area (Å²) in [6.45, 7) is 5.18. The molecule has 3 nitrogen and oxygen atoms in total. The molecule has 0 fully saturated rings. The lowest BCUT2D eigenvalue weighted by Gasteiger charge is -2.00. The fraction of sp³-hybridized carbons (Fsp3) is 0.200. The molecule has 0 bridgehead atoms. The highest BCUT2D eigenvalue weighted by Gasteiger charge is 2.09. The van der Waals surface area contributed by atoms with Crippen LogP contribution in [0.4, 0.5) is 0 Å². The number of allylic oxidation sites excluding steroid dienone is 3. The standard InChI is InChI=1S/C10H12O3/c1-4-6-8(7-11)9(5-2)10(12)13-3/h4-7H,2H2,1,3H3/b6-4-,9-8-. The number of ether oxygens (including phenoxy) is 1. The molecule has 0 saturated carbocycles. The average Bonchev–Trinajstić information content (AvgIpc) is 2.17. The molecule has 0 aromatic carbocycles. The summed E-state index contributed by atoms with van der Waals surface area (Å²) in [5.74, 6) is -0.560. The van der Waals surface area contributed by atoms with Gasteiger partial charge in [-0.2, -0.15) is 0 Å².